The first-order chi connectivity index (χ1) is 11.2. The van der Waals surface area contributed by atoms with Crippen LogP contribution in [0.5, 0.6) is 5.75 Å². The molecule has 0 amide bonds. The number of methoxy groups -OCH3 is 1. The lowest BCUT2D eigenvalue weighted by atomic mass is 9.93. The molecule has 3 heteroatoms. The average molecular weight is 325 g/mol. The molecule has 0 fully saturated rings. The zero-order valence-electron chi connectivity index (χ0n) is 12.7. The maximum absolute atomic E-state index is 10.8. The Labute approximate surface area is 140 Å². The van der Waals surface area contributed by atoms with E-state index < -0.39 is 6.10 Å². The number of halogens is 1. The minimum absolute atomic E-state index is 0.560. The van der Waals surface area contributed by atoms with Crippen molar-refractivity contribution in [1.82, 2.24) is 0 Å². The smallest absolute Gasteiger partial charge is 0.118 e. The number of benzene rings is 3. The van der Waals surface area contributed by atoms with E-state index in [4.69, 9.17) is 16.3 Å². The van der Waals surface area contributed by atoms with Gasteiger partial charge in [0.15, 0.2) is 0 Å². The van der Waals surface area contributed by atoms with Crippen LogP contribution in [0.25, 0.3) is 11.1 Å². The molecule has 0 saturated carbocycles. The topological polar surface area (TPSA) is 29.5 Å². The fraction of sp³-hybridized carbons (Fsp3) is 0.100. The van der Waals surface area contributed by atoms with Gasteiger partial charge >= 0.3 is 0 Å². The number of ether oxygens (including phenoxy) is 1. The Morgan fingerprint density at radius 1 is 0.826 bits per heavy atom. The lowest BCUT2D eigenvalue weighted by molar-refractivity contribution is 0.221. The van der Waals surface area contributed by atoms with Gasteiger partial charge in [-0.1, -0.05) is 66.2 Å². The van der Waals surface area contributed by atoms with Crippen molar-refractivity contribution in [2.24, 2.45) is 0 Å². The number of hydrogen-bond donors (Lipinski definition) is 1. The van der Waals surface area contributed by atoms with Crippen LogP contribution in [0.4, 0.5) is 0 Å². The van der Waals surface area contributed by atoms with Gasteiger partial charge in [0.25, 0.3) is 0 Å². The Balaban J connectivity index is 2.05. The molecular weight excluding hydrogens is 308 g/mol. The highest BCUT2D eigenvalue weighted by Crippen LogP contribution is 2.34. The van der Waals surface area contributed by atoms with Crippen molar-refractivity contribution in [1.29, 1.82) is 0 Å². The van der Waals surface area contributed by atoms with Crippen LogP contribution in [0, 0.1) is 0 Å². The predicted octanol–water partition coefficient (Wildman–Crippen LogP) is 5.10. The van der Waals surface area contributed by atoms with Gasteiger partial charge in [-0.25, -0.2) is 0 Å². The summed E-state index contributed by atoms with van der Waals surface area (Å²) < 4.78 is 5.20. The minimum Gasteiger partial charge on any atom is -0.497 e. The molecular formula is C20H17ClO2. The molecule has 0 spiro atoms. The average Bonchev–Trinajstić information content (AvgIpc) is 2.62. The maximum atomic E-state index is 10.8. The zero-order chi connectivity index (χ0) is 16.2. The Morgan fingerprint density at radius 3 is 2.09 bits per heavy atom. The quantitative estimate of drug-likeness (QED) is 0.723. The molecule has 0 heterocycles. The summed E-state index contributed by atoms with van der Waals surface area (Å²) in [6.07, 6.45) is -0.776. The minimum atomic E-state index is -0.776. The van der Waals surface area contributed by atoms with E-state index in [0.29, 0.717) is 10.6 Å². The van der Waals surface area contributed by atoms with Gasteiger partial charge in [0.2, 0.25) is 0 Å². The SMILES string of the molecule is COc1ccc(-c2ccccc2C(O)c2ccccc2Cl)cc1. The van der Waals surface area contributed by atoms with E-state index in [9.17, 15) is 5.11 Å². The first-order valence-electron chi connectivity index (χ1n) is 7.36. The van der Waals surface area contributed by atoms with Crippen molar-refractivity contribution in [2.75, 3.05) is 7.11 Å². The molecule has 3 aromatic carbocycles. The third-order valence-electron chi connectivity index (χ3n) is 3.86. The Kier molecular flexibility index (Phi) is 4.65. The van der Waals surface area contributed by atoms with Gasteiger partial charge in [0.1, 0.15) is 11.9 Å². The second-order valence-corrected chi connectivity index (χ2v) is 5.65. The predicted molar refractivity (Wildman–Crippen MR) is 93.9 cm³/mol. The number of rotatable bonds is 4. The maximum Gasteiger partial charge on any atom is 0.118 e. The van der Waals surface area contributed by atoms with Gasteiger partial charge in [-0.15, -0.1) is 0 Å². The first-order valence-corrected chi connectivity index (χ1v) is 7.74. The molecule has 0 aliphatic rings. The molecule has 23 heavy (non-hydrogen) atoms. The zero-order valence-corrected chi connectivity index (χ0v) is 13.5. The highest BCUT2D eigenvalue weighted by molar-refractivity contribution is 6.31. The Morgan fingerprint density at radius 2 is 1.43 bits per heavy atom. The standard InChI is InChI=1S/C20H17ClO2/c1-23-15-12-10-14(11-13-15)16-6-2-3-7-17(16)20(22)18-8-4-5-9-19(18)21/h2-13,20,22H,1H3. The summed E-state index contributed by atoms with van der Waals surface area (Å²) >= 11 is 6.23. The van der Waals surface area contributed by atoms with Crippen LogP contribution in [0.2, 0.25) is 5.02 Å². The van der Waals surface area contributed by atoms with E-state index in [2.05, 4.69) is 0 Å². The molecule has 3 aromatic rings. The monoisotopic (exact) mass is 324 g/mol. The van der Waals surface area contributed by atoms with Crippen molar-refractivity contribution >= 4 is 11.6 Å². The summed E-state index contributed by atoms with van der Waals surface area (Å²) in [6, 6.07) is 23.0. The highest BCUT2D eigenvalue weighted by atomic mass is 35.5. The molecule has 1 N–H and O–H groups in total. The summed E-state index contributed by atoms with van der Waals surface area (Å²) in [7, 11) is 1.64. The lowest BCUT2D eigenvalue weighted by Gasteiger charge is -2.17. The van der Waals surface area contributed by atoms with Crippen LogP contribution in [0.15, 0.2) is 72.8 Å². The van der Waals surface area contributed by atoms with E-state index >= 15 is 0 Å². The fourth-order valence-corrected chi connectivity index (χ4v) is 2.87. The van der Waals surface area contributed by atoms with Crippen molar-refractivity contribution < 1.29 is 9.84 Å². The molecule has 0 saturated heterocycles. The van der Waals surface area contributed by atoms with Crippen LogP contribution in [-0.4, -0.2) is 12.2 Å². The highest BCUT2D eigenvalue weighted by Gasteiger charge is 2.17. The molecule has 0 aliphatic heterocycles. The molecule has 1 atom stereocenters. The van der Waals surface area contributed by atoms with Crippen LogP contribution in [0.3, 0.4) is 0 Å². The van der Waals surface area contributed by atoms with Crippen molar-refractivity contribution in [3.63, 3.8) is 0 Å². The van der Waals surface area contributed by atoms with Gasteiger partial charge in [-0.05, 0) is 34.9 Å². The molecule has 2 nitrogen and oxygen atoms in total. The Hall–Kier alpha value is -2.29. The fourth-order valence-electron chi connectivity index (χ4n) is 2.63. The van der Waals surface area contributed by atoms with E-state index in [1.807, 2.05) is 66.7 Å². The summed E-state index contributed by atoms with van der Waals surface area (Å²) in [5.41, 5.74) is 3.52. The van der Waals surface area contributed by atoms with Gasteiger partial charge < -0.3 is 9.84 Å². The van der Waals surface area contributed by atoms with Gasteiger partial charge in [-0.3, -0.25) is 0 Å². The van der Waals surface area contributed by atoms with Crippen LogP contribution in [0.1, 0.15) is 17.2 Å². The first kappa shape index (κ1) is 15.6. The largest absolute Gasteiger partial charge is 0.497 e. The molecule has 1 unspecified atom stereocenters. The third-order valence-corrected chi connectivity index (χ3v) is 4.20. The lowest BCUT2D eigenvalue weighted by Crippen LogP contribution is -2.02. The summed E-state index contributed by atoms with van der Waals surface area (Å²) in [5, 5.41) is 11.4. The summed E-state index contributed by atoms with van der Waals surface area (Å²) in [5.74, 6) is 0.804. The number of aliphatic hydroxyl groups excluding tert-OH is 1. The molecule has 0 aliphatic carbocycles. The second kappa shape index (κ2) is 6.86. The molecule has 0 radical (unpaired) electrons. The summed E-state index contributed by atoms with van der Waals surface area (Å²) in [6.45, 7) is 0. The van der Waals surface area contributed by atoms with Crippen molar-refractivity contribution in [3.05, 3.63) is 88.9 Å². The third kappa shape index (κ3) is 3.24. The number of aliphatic hydroxyl groups is 1. The van der Waals surface area contributed by atoms with Gasteiger partial charge in [0.05, 0.1) is 7.11 Å². The van der Waals surface area contributed by atoms with E-state index in [1.54, 1.807) is 13.2 Å². The molecule has 116 valence electrons. The van der Waals surface area contributed by atoms with Crippen LogP contribution < -0.4 is 4.74 Å². The van der Waals surface area contributed by atoms with Crippen molar-refractivity contribution in [3.8, 4) is 16.9 Å². The molecule has 3 rings (SSSR count). The van der Waals surface area contributed by atoms with Crippen molar-refractivity contribution in [2.45, 2.75) is 6.10 Å². The second-order valence-electron chi connectivity index (χ2n) is 5.24. The van der Waals surface area contributed by atoms with Gasteiger partial charge in [0, 0.05) is 10.6 Å². The molecule has 0 bridgehead atoms. The molecule has 0 aromatic heterocycles. The van der Waals surface area contributed by atoms with Crippen LogP contribution in [-0.2, 0) is 0 Å². The van der Waals surface area contributed by atoms with E-state index in [1.165, 1.54) is 0 Å². The normalized spacial score (nSPS) is 12.0. The number of hydrogen-bond acceptors (Lipinski definition) is 2. The van der Waals surface area contributed by atoms with E-state index in [-0.39, 0.29) is 0 Å². The Bertz CT molecular complexity index is 797. The van der Waals surface area contributed by atoms with Crippen LogP contribution >= 0.6 is 11.6 Å². The van der Waals surface area contributed by atoms with E-state index in [0.717, 1.165) is 22.4 Å². The van der Waals surface area contributed by atoms with Gasteiger partial charge in [-0.2, -0.15) is 0 Å². The summed E-state index contributed by atoms with van der Waals surface area (Å²) in [4.78, 5) is 0.